The first-order chi connectivity index (χ1) is 10.5. The molecule has 2 heterocycles. The van der Waals surface area contributed by atoms with Gasteiger partial charge in [0.25, 0.3) is 0 Å². The van der Waals surface area contributed by atoms with E-state index in [1.807, 2.05) is 0 Å². The van der Waals surface area contributed by atoms with Crippen molar-refractivity contribution in [2.24, 2.45) is 5.41 Å². The molecular formula is C18H28N4. The van der Waals surface area contributed by atoms with E-state index in [4.69, 9.17) is 9.97 Å². The zero-order valence-corrected chi connectivity index (χ0v) is 14.2. The lowest BCUT2D eigenvalue weighted by Crippen LogP contribution is -2.38. The van der Waals surface area contributed by atoms with Crippen LogP contribution < -0.4 is 10.2 Å². The van der Waals surface area contributed by atoms with Gasteiger partial charge in [0.1, 0.15) is 17.5 Å². The number of nitrogens with zero attached hydrogens (tertiary/aromatic N) is 3. The Kier molecular flexibility index (Phi) is 3.31. The highest BCUT2D eigenvalue weighted by Crippen LogP contribution is 2.41. The van der Waals surface area contributed by atoms with E-state index in [0.717, 1.165) is 24.7 Å². The summed E-state index contributed by atoms with van der Waals surface area (Å²) in [4.78, 5) is 12.3. The Morgan fingerprint density at radius 1 is 1.05 bits per heavy atom. The van der Waals surface area contributed by atoms with Gasteiger partial charge in [0.15, 0.2) is 0 Å². The molecule has 1 aliphatic heterocycles. The summed E-state index contributed by atoms with van der Waals surface area (Å²) in [6.07, 6.45) is 7.60. The number of rotatable bonds is 4. The summed E-state index contributed by atoms with van der Waals surface area (Å²) in [7, 11) is 0. The first kappa shape index (κ1) is 14.3. The molecule has 2 aliphatic carbocycles. The predicted octanol–water partition coefficient (Wildman–Crippen LogP) is 3.86. The molecule has 0 bridgehead atoms. The third-order valence-electron chi connectivity index (χ3n) is 5.41. The monoisotopic (exact) mass is 300 g/mol. The Balaban J connectivity index is 1.63. The van der Waals surface area contributed by atoms with E-state index in [0.29, 0.717) is 17.4 Å². The SMILES string of the molecule is Cc1c(NC2CC2)nc(C2CC2)nc1N1CCC(C)(C)CC1. The standard InChI is InChI=1S/C18H28N4/c1-12-15(19-14-6-7-14)20-16(13-4-5-13)21-17(12)22-10-8-18(2,3)9-11-22/h13-14H,4-11H2,1-3H3,(H,19,20,21). The molecule has 0 amide bonds. The Morgan fingerprint density at radius 2 is 1.73 bits per heavy atom. The third kappa shape index (κ3) is 2.92. The molecule has 1 saturated heterocycles. The molecule has 0 radical (unpaired) electrons. The van der Waals surface area contributed by atoms with E-state index in [2.05, 4.69) is 31.0 Å². The average Bonchev–Trinajstić information content (AvgIpc) is 3.35. The lowest BCUT2D eigenvalue weighted by Gasteiger charge is -2.38. The molecule has 2 saturated carbocycles. The number of piperidine rings is 1. The molecule has 4 nitrogen and oxygen atoms in total. The first-order valence-electron chi connectivity index (χ1n) is 8.92. The van der Waals surface area contributed by atoms with E-state index >= 15 is 0 Å². The highest BCUT2D eigenvalue weighted by Gasteiger charge is 2.32. The summed E-state index contributed by atoms with van der Waals surface area (Å²) in [6, 6.07) is 0.647. The molecule has 3 fully saturated rings. The molecule has 120 valence electrons. The van der Waals surface area contributed by atoms with Gasteiger partial charge in [-0.05, 0) is 50.9 Å². The second-order valence-corrected chi connectivity index (χ2v) is 8.22. The maximum atomic E-state index is 4.97. The lowest BCUT2D eigenvalue weighted by atomic mass is 9.82. The molecule has 1 aromatic heterocycles. The molecule has 0 aromatic carbocycles. The maximum Gasteiger partial charge on any atom is 0.137 e. The van der Waals surface area contributed by atoms with E-state index < -0.39 is 0 Å². The van der Waals surface area contributed by atoms with Crippen LogP contribution in [0.4, 0.5) is 11.6 Å². The summed E-state index contributed by atoms with van der Waals surface area (Å²) in [5, 5.41) is 3.63. The van der Waals surface area contributed by atoms with Gasteiger partial charge in [0.05, 0.1) is 0 Å². The van der Waals surface area contributed by atoms with Gasteiger partial charge in [-0.15, -0.1) is 0 Å². The molecule has 22 heavy (non-hydrogen) atoms. The van der Waals surface area contributed by atoms with Gasteiger partial charge in [-0.25, -0.2) is 9.97 Å². The van der Waals surface area contributed by atoms with Crippen LogP contribution in [-0.4, -0.2) is 29.1 Å². The lowest BCUT2D eigenvalue weighted by molar-refractivity contribution is 0.279. The molecule has 1 N–H and O–H groups in total. The summed E-state index contributed by atoms with van der Waals surface area (Å²) in [6.45, 7) is 9.20. The Labute approximate surface area is 133 Å². The largest absolute Gasteiger partial charge is 0.367 e. The van der Waals surface area contributed by atoms with Crippen molar-refractivity contribution in [1.82, 2.24) is 9.97 Å². The van der Waals surface area contributed by atoms with Gasteiger partial charge in [0, 0.05) is 30.6 Å². The van der Waals surface area contributed by atoms with E-state index in [1.165, 1.54) is 49.9 Å². The number of nitrogens with one attached hydrogen (secondary N) is 1. The number of anilines is 2. The van der Waals surface area contributed by atoms with Crippen molar-refractivity contribution >= 4 is 11.6 Å². The van der Waals surface area contributed by atoms with Crippen molar-refractivity contribution in [1.29, 1.82) is 0 Å². The predicted molar refractivity (Wildman–Crippen MR) is 90.6 cm³/mol. The Hall–Kier alpha value is -1.32. The smallest absolute Gasteiger partial charge is 0.137 e. The van der Waals surface area contributed by atoms with Crippen LogP contribution in [0.3, 0.4) is 0 Å². The fraction of sp³-hybridized carbons (Fsp3) is 0.778. The summed E-state index contributed by atoms with van der Waals surface area (Å²) in [5.74, 6) is 3.98. The first-order valence-corrected chi connectivity index (χ1v) is 8.92. The van der Waals surface area contributed by atoms with E-state index in [-0.39, 0.29) is 0 Å². The van der Waals surface area contributed by atoms with Crippen LogP contribution >= 0.6 is 0 Å². The molecule has 0 unspecified atom stereocenters. The maximum absolute atomic E-state index is 4.97. The highest BCUT2D eigenvalue weighted by atomic mass is 15.2. The second kappa shape index (κ2) is 5.10. The third-order valence-corrected chi connectivity index (χ3v) is 5.41. The normalized spacial score (nSPS) is 24.4. The molecule has 0 atom stereocenters. The van der Waals surface area contributed by atoms with Gasteiger partial charge in [-0.2, -0.15) is 0 Å². The second-order valence-electron chi connectivity index (χ2n) is 8.22. The topological polar surface area (TPSA) is 41.1 Å². The van der Waals surface area contributed by atoms with Crippen molar-refractivity contribution in [3.63, 3.8) is 0 Å². The van der Waals surface area contributed by atoms with Gasteiger partial charge < -0.3 is 10.2 Å². The fourth-order valence-corrected chi connectivity index (χ4v) is 3.24. The summed E-state index contributed by atoms with van der Waals surface area (Å²) in [5.41, 5.74) is 1.72. The van der Waals surface area contributed by atoms with Gasteiger partial charge in [0.2, 0.25) is 0 Å². The van der Waals surface area contributed by atoms with Crippen LogP contribution in [-0.2, 0) is 0 Å². The van der Waals surface area contributed by atoms with Gasteiger partial charge in [-0.1, -0.05) is 13.8 Å². The minimum absolute atomic E-state index is 0.478. The summed E-state index contributed by atoms with van der Waals surface area (Å²) < 4.78 is 0. The molecule has 3 aliphatic rings. The highest BCUT2D eigenvalue weighted by molar-refractivity contribution is 5.60. The van der Waals surface area contributed by atoms with E-state index in [9.17, 15) is 0 Å². The summed E-state index contributed by atoms with van der Waals surface area (Å²) >= 11 is 0. The van der Waals surface area contributed by atoms with E-state index in [1.54, 1.807) is 0 Å². The van der Waals surface area contributed by atoms with Crippen molar-refractivity contribution < 1.29 is 0 Å². The van der Waals surface area contributed by atoms with Crippen LogP contribution in [0, 0.1) is 12.3 Å². The molecule has 1 aromatic rings. The van der Waals surface area contributed by atoms with Crippen molar-refractivity contribution in [3.05, 3.63) is 11.4 Å². The van der Waals surface area contributed by atoms with Crippen LogP contribution in [0.25, 0.3) is 0 Å². The average molecular weight is 300 g/mol. The zero-order chi connectivity index (χ0) is 15.3. The number of aromatic nitrogens is 2. The number of hydrogen-bond acceptors (Lipinski definition) is 4. The Morgan fingerprint density at radius 3 is 2.32 bits per heavy atom. The molecular weight excluding hydrogens is 272 g/mol. The van der Waals surface area contributed by atoms with Crippen LogP contribution in [0.2, 0.25) is 0 Å². The van der Waals surface area contributed by atoms with Crippen molar-refractivity contribution in [2.45, 2.75) is 71.3 Å². The minimum atomic E-state index is 0.478. The quantitative estimate of drug-likeness (QED) is 0.916. The van der Waals surface area contributed by atoms with Gasteiger partial charge in [-0.3, -0.25) is 0 Å². The zero-order valence-electron chi connectivity index (χ0n) is 14.2. The van der Waals surface area contributed by atoms with Crippen LogP contribution in [0.15, 0.2) is 0 Å². The fourth-order valence-electron chi connectivity index (χ4n) is 3.24. The van der Waals surface area contributed by atoms with Crippen LogP contribution in [0.5, 0.6) is 0 Å². The number of hydrogen-bond donors (Lipinski definition) is 1. The van der Waals surface area contributed by atoms with Crippen LogP contribution in [0.1, 0.15) is 69.7 Å². The molecule has 4 heteroatoms. The molecule has 0 spiro atoms. The van der Waals surface area contributed by atoms with Crippen molar-refractivity contribution in [3.8, 4) is 0 Å². The van der Waals surface area contributed by atoms with Crippen molar-refractivity contribution in [2.75, 3.05) is 23.3 Å². The molecule has 4 rings (SSSR count). The van der Waals surface area contributed by atoms with Gasteiger partial charge >= 0.3 is 0 Å². The Bertz CT molecular complexity index is 563. The minimum Gasteiger partial charge on any atom is -0.367 e.